The van der Waals surface area contributed by atoms with Gasteiger partial charge in [-0.15, -0.1) is 0 Å². The summed E-state index contributed by atoms with van der Waals surface area (Å²) in [6.07, 6.45) is 0. The summed E-state index contributed by atoms with van der Waals surface area (Å²) in [5, 5.41) is 8.78. The van der Waals surface area contributed by atoms with Gasteiger partial charge in [-0.2, -0.15) is 0 Å². The number of aromatic amines is 1. The Balaban J connectivity index is 3.02. The fourth-order valence-corrected chi connectivity index (χ4v) is 1.17. The Labute approximate surface area is 82.3 Å². The molecule has 0 aromatic carbocycles. The van der Waals surface area contributed by atoms with Crippen LogP contribution in [0.3, 0.4) is 0 Å². The first-order valence-corrected chi connectivity index (χ1v) is 4.48. The number of aromatic nitrogens is 2. The maximum atomic E-state index is 10.7. The summed E-state index contributed by atoms with van der Waals surface area (Å²) in [5.41, 5.74) is 6.43. The van der Waals surface area contributed by atoms with E-state index < -0.39 is 5.97 Å². The van der Waals surface area contributed by atoms with Gasteiger partial charge in [0, 0.05) is 5.69 Å². The van der Waals surface area contributed by atoms with Crippen molar-refractivity contribution < 1.29 is 9.90 Å². The normalized spacial score (nSPS) is 13.2. The van der Waals surface area contributed by atoms with Crippen LogP contribution in [0.15, 0.2) is 0 Å². The van der Waals surface area contributed by atoms with Gasteiger partial charge in [0.1, 0.15) is 5.82 Å². The van der Waals surface area contributed by atoms with Crippen molar-refractivity contribution in [1.82, 2.24) is 9.97 Å². The van der Waals surface area contributed by atoms with Crippen molar-refractivity contribution in [2.75, 3.05) is 0 Å². The van der Waals surface area contributed by atoms with Crippen LogP contribution >= 0.6 is 0 Å². The zero-order chi connectivity index (χ0) is 10.9. The second-order valence-corrected chi connectivity index (χ2v) is 3.67. The second kappa shape index (κ2) is 3.79. The predicted octanol–water partition coefficient (Wildman–Crippen LogP) is 1.07. The Hall–Kier alpha value is -1.36. The molecule has 0 unspecified atom stereocenters. The molecule has 78 valence electrons. The number of hydrogen-bond acceptors (Lipinski definition) is 3. The standard InChI is InChI=1S/C9H15N3O2/c1-4(2)6(10)8-11-5(3)7(12-8)9(13)14/h4,6H,10H2,1-3H3,(H,11,12)(H,13,14)/t6-/m0/s1. The van der Waals surface area contributed by atoms with Gasteiger partial charge in [-0.1, -0.05) is 13.8 Å². The first-order valence-electron chi connectivity index (χ1n) is 4.48. The first kappa shape index (κ1) is 10.7. The molecule has 1 atom stereocenters. The molecule has 5 heteroatoms. The van der Waals surface area contributed by atoms with Gasteiger partial charge in [-0.05, 0) is 12.8 Å². The van der Waals surface area contributed by atoms with Gasteiger partial charge in [0.2, 0.25) is 0 Å². The van der Waals surface area contributed by atoms with E-state index in [1.807, 2.05) is 13.8 Å². The Morgan fingerprint density at radius 1 is 1.57 bits per heavy atom. The lowest BCUT2D eigenvalue weighted by Gasteiger charge is -2.11. The van der Waals surface area contributed by atoms with Gasteiger partial charge in [-0.25, -0.2) is 9.78 Å². The van der Waals surface area contributed by atoms with Crippen LogP contribution in [0.4, 0.5) is 0 Å². The number of rotatable bonds is 3. The summed E-state index contributed by atoms with van der Waals surface area (Å²) >= 11 is 0. The monoisotopic (exact) mass is 197 g/mol. The number of aryl methyl sites for hydroxylation is 1. The SMILES string of the molecule is Cc1[nH]c([C@@H](N)C(C)C)nc1C(=O)O. The third kappa shape index (κ3) is 1.93. The van der Waals surface area contributed by atoms with Crippen LogP contribution in [0.1, 0.15) is 41.9 Å². The number of carboxylic acid groups (broad SMARTS) is 1. The molecule has 1 aromatic heterocycles. The summed E-state index contributed by atoms with van der Waals surface area (Å²) in [7, 11) is 0. The van der Waals surface area contributed by atoms with Crippen LogP contribution in [-0.2, 0) is 0 Å². The number of nitrogens with one attached hydrogen (secondary N) is 1. The lowest BCUT2D eigenvalue weighted by Crippen LogP contribution is -2.18. The van der Waals surface area contributed by atoms with Gasteiger partial charge in [0.25, 0.3) is 0 Å². The minimum atomic E-state index is -1.03. The van der Waals surface area contributed by atoms with Crippen molar-refractivity contribution in [3.63, 3.8) is 0 Å². The summed E-state index contributed by atoms with van der Waals surface area (Å²) in [6, 6.07) is -0.248. The highest BCUT2D eigenvalue weighted by atomic mass is 16.4. The van der Waals surface area contributed by atoms with Crippen molar-refractivity contribution in [1.29, 1.82) is 0 Å². The van der Waals surface area contributed by atoms with E-state index >= 15 is 0 Å². The molecule has 1 heterocycles. The van der Waals surface area contributed by atoms with E-state index in [0.717, 1.165) is 0 Å². The Bertz CT molecular complexity index is 344. The number of imidazole rings is 1. The molecule has 14 heavy (non-hydrogen) atoms. The minimum absolute atomic E-state index is 0.0519. The van der Waals surface area contributed by atoms with Crippen molar-refractivity contribution in [3.05, 3.63) is 17.2 Å². The van der Waals surface area contributed by atoms with E-state index in [-0.39, 0.29) is 17.7 Å². The highest BCUT2D eigenvalue weighted by molar-refractivity contribution is 5.86. The van der Waals surface area contributed by atoms with Crippen LogP contribution in [0, 0.1) is 12.8 Å². The molecule has 0 radical (unpaired) electrons. The van der Waals surface area contributed by atoms with Gasteiger partial charge >= 0.3 is 5.97 Å². The number of nitrogens with zero attached hydrogens (tertiary/aromatic N) is 1. The van der Waals surface area contributed by atoms with Crippen LogP contribution in [0.5, 0.6) is 0 Å². The average molecular weight is 197 g/mol. The predicted molar refractivity (Wildman–Crippen MR) is 52.1 cm³/mol. The maximum Gasteiger partial charge on any atom is 0.356 e. The zero-order valence-electron chi connectivity index (χ0n) is 8.53. The van der Waals surface area contributed by atoms with Crippen molar-refractivity contribution >= 4 is 5.97 Å². The molecule has 4 N–H and O–H groups in total. The van der Waals surface area contributed by atoms with E-state index in [0.29, 0.717) is 11.5 Å². The number of carboxylic acids is 1. The quantitative estimate of drug-likeness (QED) is 0.675. The molecule has 0 fully saturated rings. The Kier molecular flexibility index (Phi) is 2.90. The smallest absolute Gasteiger partial charge is 0.356 e. The van der Waals surface area contributed by atoms with E-state index in [4.69, 9.17) is 10.8 Å². The molecule has 0 aliphatic rings. The summed E-state index contributed by atoms with van der Waals surface area (Å²) in [4.78, 5) is 17.5. The third-order valence-electron chi connectivity index (χ3n) is 2.14. The maximum absolute atomic E-state index is 10.7. The summed E-state index contributed by atoms with van der Waals surface area (Å²) in [5.74, 6) is -0.266. The van der Waals surface area contributed by atoms with Gasteiger partial charge in [0.05, 0.1) is 6.04 Å². The highest BCUT2D eigenvalue weighted by Crippen LogP contribution is 2.17. The minimum Gasteiger partial charge on any atom is -0.476 e. The molecule has 0 bridgehead atoms. The fourth-order valence-electron chi connectivity index (χ4n) is 1.17. The molecule has 1 aromatic rings. The lowest BCUT2D eigenvalue weighted by atomic mass is 10.1. The number of carbonyl (C=O) groups is 1. The van der Waals surface area contributed by atoms with Crippen molar-refractivity contribution in [2.24, 2.45) is 11.7 Å². The highest BCUT2D eigenvalue weighted by Gasteiger charge is 2.19. The summed E-state index contributed by atoms with van der Waals surface area (Å²) in [6.45, 7) is 5.60. The molecule has 0 aliphatic carbocycles. The van der Waals surface area contributed by atoms with Gasteiger partial charge in [-0.3, -0.25) is 0 Å². The van der Waals surface area contributed by atoms with Crippen LogP contribution < -0.4 is 5.73 Å². The molecular formula is C9H15N3O2. The number of H-pyrrole nitrogens is 1. The molecule has 0 amide bonds. The number of nitrogens with two attached hydrogens (primary N) is 1. The fraction of sp³-hybridized carbons (Fsp3) is 0.556. The van der Waals surface area contributed by atoms with Crippen molar-refractivity contribution in [2.45, 2.75) is 26.8 Å². The van der Waals surface area contributed by atoms with Gasteiger partial charge in [0.15, 0.2) is 5.69 Å². The van der Waals surface area contributed by atoms with Crippen LogP contribution in [-0.4, -0.2) is 21.0 Å². The first-order chi connectivity index (χ1) is 6.43. The van der Waals surface area contributed by atoms with E-state index in [1.165, 1.54) is 0 Å². The van der Waals surface area contributed by atoms with E-state index in [2.05, 4.69) is 9.97 Å². The number of hydrogen-bond donors (Lipinski definition) is 3. The molecule has 1 rings (SSSR count). The number of aromatic carboxylic acids is 1. The largest absolute Gasteiger partial charge is 0.476 e. The summed E-state index contributed by atoms with van der Waals surface area (Å²) < 4.78 is 0. The molecular weight excluding hydrogens is 182 g/mol. The van der Waals surface area contributed by atoms with Crippen molar-refractivity contribution in [3.8, 4) is 0 Å². The van der Waals surface area contributed by atoms with Crippen LogP contribution in [0.25, 0.3) is 0 Å². The topological polar surface area (TPSA) is 92.0 Å². The zero-order valence-corrected chi connectivity index (χ0v) is 8.53. The lowest BCUT2D eigenvalue weighted by molar-refractivity contribution is 0.0690. The second-order valence-electron chi connectivity index (χ2n) is 3.67. The molecule has 5 nitrogen and oxygen atoms in total. The molecule has 0 spiro atoms. The average Bonchev–Trinajstić information content (AvgIpc) is 2.45. The van der Waals surface area contributed by atoms with E-state index in [1.54, 1.807) is 6.92 Å². The molecule has 0 saturated carbocycles. The Morgan fingerprint density at radius 3 is 2.50 bits per heavy atom. The molecule has 0 aliphatic heterocycles. The van der Waals surface area contributed by atoms with Gasteiger partial charge < -0.3 is 15.8 Å². The third-order valence-corrected chi connectivity index (χ3v) is 2.14. The van der Waals surface area contributed by atoms with E-state index in [9.17, 15) is 4.79 Å². The molecule has 0 saturated heterocycles. The Morgan fingerprint density at radius 2 is 2.14 bits per heavy atom. The van der Waals surface area contributed by atoms with Crippen LogP contribution in [0.2, 0.25) is 0 Å².